The van der Waals surface area contributed by atoms with Gasteiger partial charge in [-0.1, -0.05) is 0 Å². The molecule has 0 aliphatic carbocycles. The monoisotopic (exact) mass is 215 g/mol. The van der Waals surface area contributed by atoms with E-state index in [0.29, 0.717) is 0 Å². The van der Waals surface area contributed by atoms with Crippen LogP contribution >= 0.6 is 0 Å². The minimum atomic E-state index is 0.820. The van der Waals surface area contributed by atoms with Crippen LogP contribution in [0.2, 0.25) is 0 Å². The molecular weight excluding hydrogens is 202 g/mol. The molecule has 4 nitrogen and oxygen atoms in total. The van der Waals surface area contributed by atoms with Gasteiger partial charge < -0.3 is 9.30 Å². The van der Waals surface area contributed by atoms with Crippen LogP contribution in [0.5, 0.6) is 0 Å². The van der Waals surface area contributed by atoms with E-state index in [-0.39, 0.29) is 0 Å². The highest BCUT2D eigenvalue weighted by molar-refractivity contribution is 5.57. The second kappa shape index (κ2) is 4.61. The molecule has 0 spiro atoms. The molecule has 16 heavy (non-hydrogen) atoms. The molecule has 82 valence electrons. The zero-order chi connectivity index (χ0) is 11.4. The van der Waals surface area contributed by atoms with Crippen molar-refractivity contribution < 1.29 is 4.74 Å². The molecule has 0 amide bonds. The van der Waals surface area contributed by atoms with E-state index < -0.39 is 0 Å². The van der Waals surface area contributed by atoms with E-state index in [2.05, 4.69) is 9.97 Å². The van der Waals surface area contributed by atoms with Crippen molar-refractivity contribution in [3.8, 4) is 5.69 Å². The summed E-state index contributed by atoms with van der Waals surface area (Å²) in [5, 5.41) is 0. The normalized spacial score (nSPS) is 11.5. The van der Waals surface area contributed by atoms with Crippen molar-refractivity contribution >= 4 is 6.08 Å². The quantitative estimate of drug-likeness (QED) is 0.737. The van der Waals surface area contributed by atoms with Crippen molar-refractivity contribution in [1.29, 1.82) is 0 Å². The average Bonchev–Trinajstić information content (AvgIpc) is 2.83. The number of imidazole rings is 1. The van der Waals surface area contributed by atoms with Crippen molar-refractivity contribution in [2.75, 3.05) is 7.11 Å². The maximum absolute atomic E-state index is 5.12. The molecular formula is C12H13N3O. The predicted octanol–water partition coefficient (Wildman–Crippen LogP) is 2.27. The SMILES string of the molecule is COC(C)=Cc1ncccc1-n1ccnc1. The number of rotatable bonds is 3. The van der Waals surface area contributed by atoms with Gasteiger partial charge in [0.25, 0.3) is 0 Å². The third-order valence-corrected chi connectivity index (χ3v) is 2.26. The molecule has 4 heteroatoms. The van der Waals surface area contributed by atoms with E-state index in [1.165, 1.54) is 0 Å². The molecule has 2 heterocycles. The van der Waals surface area contributed by atoms with Crippen LogP contribution in [0.3, 0.4) is 0 Å². The van der Waals surface area contributed by atoms with Gasteiger partial charge >= 0.3 is 0 Å². The Hall–Kier alpha value is -2.10. The Morgan fingerprint density at radius 3 is 3.00 bits per heavy atom. The molecule has 0 unspecified atom stereocenters. The maximum atomic E-state index is 5.12. The van der Waals surface area contributed by atoms with Crippen molar-refractivity contribution in [3.05, 3.63) is 48.5 Å². The minimum Gasteiger partial charge on any atom is -0.501 e. The van der Waals surface area contributed by atoms with Gasteiger partial charge in [-0.25, -0.2) is 4.98 Å². The van der Waals surface area contributed by atoms with Crippen LogP contribution in [0.1, 0.15) is 12.6 Å². The van der Waals surface area contributed by atoms with E-state index in [9.17, 15) is 0 Å². The van der Waals surface area contributed by atoms with Crippen LogP contribution in [0.4, 0.5) is 0 Å². The van der Waals surface area contributed by atoms with Gasteiger partial charge in [0, 0.05) is 24.7 Å². The number of methoxy groups -OCH3 is 1. The smallest absolute Gasteiger partial charge is 0.0992 e. The Morgan fingerprint density at radius 2 is 2.31 bits per heavy atom. The number of allylic oxidation sites excluding steroid dienone is 1. The molecule has 0 bridgehead atoms. The first kappa shape index (κ1) is 10.4. The van der Waals surface area contributed by atoms with Crippen LogP contribution < -0.4 is 0 Å². The lowest BCUT2D eigenvalue weighted by molar-refractivity contribution is 0.297. The van der Waals surface area contributed by atoms with Gasteiger partial charge in [-0.15, -0.1) is 0 Å². The van der Waals surface area contributed by atoms with E-state index in [0.717, 1.165) is 17.1 Å². The number of hydrogen-bond donors (Lipinski definition) is 0. The van der Waals surface area contributed by atoms with Gasteiger partial charge in [-0.3, -0.25) is 4.98 Å². The summed E-state index contributed by atoms with van der Waals surface area (Å²) >= 11 is 0. The van der Waals surface area contributed by atoms with Gasteiger partial charge in [-0.05, 0) is 19.1 Å². The molecule has 0 radical (unpaired) electrons. The van der Waals surface area contributed by atoms with E-state index in [1.54, 1.807) is 25.8 Å². The topological polar surface area (TPSA) is 39.9 Å². The predicted molar refractivity (Wildman–Crippen MR) is 62.0 cm³/mol. The van der Waals surface area contributed by atoms with E-state index >= 15 is 0 Å². The van der Waals surface area contributed by atoms with Crippen molar-refractivity contribution in [2.24, 2.45) is 0 Å². The molecule has 2 rings (SSSR count). The lowest BCUT2D eigenvalue weighted by Gasteiger charge is -2.06. The first-order chi connectivity index (χ1) is 7.81. The van der Waals surface area contributed by atoms with E-state index in [4.69, 9.17) is 4.74 Å². The van der Waals surface area contributed by atoms with Gasteiger partial charge in [0.05, 0.1) is 30.6 Å². The van der Waals surface area contributed by atoms with Gasteiger partial charge in [-0.2, -0.15) is 0 Å². The molecule has 2 aromatic rings. The molecule has 0 atom stereocenters. The molecule has 0 aromatic carbocycles. The van der Waals surface area contributed by atoms with Gasteiger partial charge in [0.15, 0.2) is 0 Å². The summed E-state index contributed by atoms with van der Waals surface area (Å²) in [4.78, 5) is 8.34. The van der Waals surface area contributed by atoms with Gasteiger partial charge in [0.1, 0.15) is 0 Å². The standard InChI is InChI=1S/C12H13N3O/c1-10(16-2)8-11-12(4-3-5-14-11)15-7-6-13-9-15/h3-9H,1-2H3. The third kappa shape index (κ3) is 2.11. The van der Waals surface area contributed by atoms with Crippen LogP contribution in [0.15, 0.2) is 42.8 Å². The molecule has 0 saturated carbocycles. The Bertz CT molecular complexity index is 489. The number of ether oxygens (including phenoxy) is 1. The van der Waals surface area contributed by atoms with Crippen molar-refractivity contribution in [2.45, 2.75) is 6.92 Å². The van der Waals surface area contributed by atoms with Crippen LogP contribution in [0.25, 0.3) is 11.8 Å². The summed E-state index contributed by atoms with van der Waals surface area (Å²) in [6, 6.07) is 3.89. The number of hydrogen-bond acceptors (Lipinski definition) is 3. The first-order valence-corrected chi connectivity index (χ1v) is 4.97. The van der Waals surface area contributed by atoms with Crippen LogP contribution in [-0.2, 0) is 4.74 Å². The summed E-state index contributed by atoms with van der Waals surface area (Å²) in [6.07, 6.45) is 9.03. The molecule has 0 saturated heterocycles. The Balaban J connectivity index is 2.47. The summed E-state index contributed by atoms with van der Waals surface area (Å²) in [7, 11) is 1.64. The Labute approximate surface area is 94.2 Å². The highest BCUT2D eigenvalue weighted by Gasteiger charge is 2.02. The van der Waals surface area contributed by atoms with Crippen LogP contribution in [0, 0.1) is 0 Å². The fourth-order valence-corrected chi connectivity index (χ4v) is 1.39. The Kier molecular flexibility index (Phi) is 3.00. The molecule has 0 fully saturated rings. The van der Waals surface area contributed by atoms with Crippen molar-refractivity contribution in [1.82, 2.24) is 14.5 Å². The highest BCUT2D eigenvalue weighted by Crippen LogP contribution is 2.14. The molecule has 2 aromatic heterocycles. The fraction of sp³-hybridized carbons (Fsp3) is 0.167. The summed E-state index contributed by atoms with van der Waals surface area (Å²) in [6.45, 7) is 1.90. The zero-order valence-corrected chi connectivity index (χ0v) is 9.29. The lowest BCUT2D eigenvalue weighted by Crippen LogP contribution is -1.96. The maximum Gasteiger partial charge on any atom is 0.0992 e. The third-order valence-electron chi connectivity index (χ3n) is 2.26. The number of pyridine rings is 1. The number of aromatic nitrogens is 3. The minimum absolute atomic E-state index is 0.820. The molecule has 0 N–H and O–H groups in total. The second-order valence-electron chi connectivity index (χ2n) is 3.34. The second-order valence-corrected chi connectivity index (χ2v) is 3.34. The van der Waals surface area contributed by atoms with Crippen LogP contribution in [-0.4, -0.2) is 21.6 Å². The summed E-state index contributed by atoms with van der Waals surface area (Å²) < 4.78 is 7.04. The lowest BCUT2D eigenvalue weighted by atomic mass is 10.2. The number of nitrogens with zero attached hydrogens (tertiary/aromatic N) is 3. The molecule has 0 aliphatic rings. The van der Waals surface area contributed by atoms with E-state index in [1.807, 2.05) is 35.9 Å². The first-order valence-electron chi connectivity index (χ1n) is 4.97. The average molecular weight is 215 g/mol. The van der Waals surface area contributed by atoms with Crippen molar-refractivity contribution in [3.63, 3.8) is 0 Å². The fourth-order valence-electron chi connectivity index (χ4n) is 1.39. The van der Waals surface area contributed by atoms with Gasteiger partial charge in [0.2, 0.25) is 0 Å². The molecule has 0 aliphatic heterocycles. The zero-order valence-electron chi connectivity index (χ0n) is 9.29. The highest BCUT2D eigenvalue weighted by atomic mass is 16.5. The Morgan fingerprint density at radius 1 is 1.44 bits per heavy atom. The summed E-state index contributed by atoms with van der Waals surface area (Å²) in [5.74, 6) is 0.820. The largest absolute Gasteiger partial charge is 0.501 e. The summed E-state index contributed by atoms with van der Waals surface area (Å²) in [5.41, 5.74) is 1.84.